The number of hydrogen-bond acceptors (Lipinski definition) is 6. The molecule has 0 radical (unpaired) electrons. The third-order valence-electron chi connectivity index (χ3n) is 5.02. The van der Waals surface area contributed by atoms with E-state index in [9.17, 15) is 23.2 Å². The molecule has 0 spiro atoms. The Bertz CT molecular complexity index is 921. The predicted octanol–water partition coefficient (Wildman–Crippen LogP) is 5.16. The zero-order valence-electron chi connectivity index (χ0n) is 16.8. The average molecular weight is 509 g/mol. The van der Waals surface area contributed by atoms with E-state index in [0.717, 1.165) is 25.2 Å². The summed E-state index contributed by atoms with van der Waals surface area (Å²) in [7, 11) is 0. The van der Waals surface area contributed by atoms with Gasteiger partial charge in [0.25, 0.3) is 0 Å². The maximum absolute atomic E-state index is 12.8. The molecule has 32 heavy (non-hydrogen) atoms. The van der Waals surface area contributed by atoms with Crippen molar-refractivity contribution in [1.82, 2.24) is 14.4 Å². The molecule has 0 saturated carbocycles. The molecule has 1 aromatic heterocycles. The SMILES string of the molecule is O=CN(O)C(CSN1CCCN(c2ccc(C(F)(F)F)cn2)CC1)c1ccc(Cl)c(Cl)c1. The fraction of sp³-hybridized carbons (Fsp3) is 0.400. The minimum absolute atomic E-state index is 0.327. The first kappa shape index (κ1) is 24.9. The Morgan fingerprint density at radius 2 is 1.94 bits per heavy atom. The van der Waals surface area contributed by atoms with Gasteiger partial charge in [0, 0.05) is 38.1 Å². The first-order valence-electron chi connectivity index (χ1n) is 9.72. The summed E-state index contributed by atoms with van der Waals surface area (Å²) in [5.41, 5.74) is -0.128. The molecule has 1 aromatic carbocycles. The number of pyridine rings is 1. The normalized spacial score (nSPS) is 16.5. The summed E-state index contributed by atoms with van der Waals surface area (Å²) >= 11 is 13.5. The van der Waals surface area contributed by atoms with Crippen LogP contribution in [0, 0.1) is 0 Å². The van der Waals surface area contributed by atoms with Crippen LogP contribution >= 0.6 is 35.1 Å². The Labute approximate surface area is 198 Å². The summed E-state index contributed by atoms with van der Waals surface area (Å²) in [4.78, 5) is 17.1. The van der Waals surface area contributed by atoms with E-state index in [-0.39, 0.29) is 0 Å². The molecule has 174 valence electrons. The first-order valence-corrected chi connectivity index (χ1v) is 11.4. The molecular formula is C20H21Cl2F3N4O2S. The molecule has 0 bridgehead atoms. The fourth-order valence-corrected chi connectivity index (χ4v) is 4.76. The standard InChI is InChI=1S/C20H21Cl2F3N4O2S/c21-16-4-2-14(10-17(16)22)18(29(31)13-30)12-32-28-7-1-6-27(8-9-28)19-5-3-15(11-26-19)20(23,24)25/h2-5,10-11,13,18,31H,1,6-9,12H2. The van der Waals surface area contributed by atoms with E-state index < -0.39 is 17.8 Å². The van der Waals surface area contributed by atoms with Gasteiger partial charge in [-0.15, -0.1) is 0 Å². The van der Waals surface area contributed by atoms with Crippen molar-refractivity contribution in [2.24, 2.45) is 0 Å². The van der Waals surface area contributed by atoms with Crippen molar-refractivity contribution in [1.29, 1.82) is 0 Å². The molecule has 6 nitrogen and oxygen atoms in total. The average Bonchev–Trinajstić information content (AvgIpc) is 3.01. The second-order valence-electron chi connectivity index (χ2n) is 7.14. The van der Waals surface area contributed by atoms with Crippen molar-refractivity contribution in [3.63, 3.8) is 0 Å². The lowest BCUT2D eigenvalue weighted by Gasteiger charge is -2.26. The smallest absolute Gasteiger partial charge is 0.355 e. The highest BCUT2D eigenvalue weighted by atomic mass is 35.5. The van der Waals surface area contributed by atoms with Crippen molar-refractivity contribution in [3.05, 3.63) is 57.7 Å². The number of alkyl halides is 3. The lowest BCUT2D eigenvalue weighted by atomic mass is 10.1. The molecular weight excluding hydrogens is 488 g/mol. The molecule has 1 aliphatic heterocycles. The Kier molecular flexibility index (Phi) is 8.51. The second kappa shape index (κ2) is 10.9. The number of hydrogen-bond donors (Lipinski definition) is 1. The van der Waals surface area contributed by atoms with Crippen LogP contribution in [0.5, 0.6) is 0 Å². The van der Waals surface area contributed by atoms with Crippen LogP contribution in [-0.4, -0.2) is 57.9 Å². The summed E-state index contributed by atoms with van der Waals surface area (Å²) in [6.45, 7) is 2.61. The predicted molar refractivity (Wildman–Crippen MR) is 119 cm³/mol. The number of hydroxylamine groups is 2. The summed E-state index contributed by atoms with van der Waals surface area (Å²) in [6, 6.07) is 6.73. The highest BCUT2D eigenvalue weighted by molar-refractivity contribution is 7.97. The van der Waals surface area contributed by atoms with Gasteiger partial charge >= 0.3 is 6.18 Å². The number of carbonyl (C=O) groups excluding carboxylic acids is 1. The van der Waals surface area contributed by atoms with E-state index in [1.165, 1.54) is 18.0 Å². The summed E-state index contributed by atoms with van der Waals surface area (Å²) in [6.07, 6.45) is -2.44. The zero-order chi connectivity index (χ0) is 23.3. The molecule has 1 atom stereocenters. The number of carbonyl (C=O) groups is 1. The largest absolute Gasteiger partial charge is 0.417 e. The molecule has 1 amide bonds. The van der Waals surface area contributed by atoms with Crippen LogP contribution in [0.3, 0.4) is 0 Å². The number of nitrogens with zero attached hydrogens (tertiary/aromatic N) is 4. The minimum Gasteiger partial charge on any atom is -0.355 e. The van der Waals surface area contributed by atoms with Crippen molar-refractivity contribution < 1.29 is 23.2 Å². The van der Waals surface area contributed by atoms with Gasteiger partial charge in [0.05, 0.1) is 21.7 Å². The number of anilines is 1. The zero-order valence-corrected chi connectivity index (χ0v) is 19.1. The van der Waals surface area contributed by atoms with Crippen LogP contribution in [0.15, 0.2) is 36.5 Å². The van der Waals surface area contributed by atoms with E-state index in [2.05, 4.69) is 9.29 Å². The van der Waals surface area contributed by atoms with Crippen molar-refractivity contribution >= 4 is 47.4 Å². The fourth-order valence-electron chi connectivity index (χ4n) is 3.29. The molecule has 1 fully saturated rings. The molecule has 1 saturated heterocycles. The number of benzene rings is 1. The van der Waals surface area contributed by atoms with Gasteiger partial charge in [-0.1, -0.05) is 41.2 Å². The number of aromatic nitrogens is 1. The van der Waals surface area contributed by atoms with Crippen molar-refractivity contribution in [3.8, 4) is 0 Å². The summed E-state index contributed by atoms with van der Waals surface area (Å²) in [5.74, 6) is 0.882. The third kappa shape index (κ3) is 6.41. The molecule has 12 heteroatoms. The minimum atomic E-state index is -4.41. The van der Waals surface area contributed by atoms with Crippen LogP contribution in [-0.2, 0) is 11.0 Å². The Balaban J connectivity index is 1.61. The second-order valence-corrected chi connectivity index (χ2v) is 9.07. The van der Waals surface area contributed by atoms with E-state index in [1.54, 1.807) is 18.2 Å². The van der Waals surface area contributed by atoms with E-state index in [0.29, 0.717) is 58.3 Å². The van der Waals surface area contributed by atoms with Gasteiger partial charge in [-0.25, -0.2) is 14.4 Å². The Morgan fingerprint density at radius 3 is 2.56 bits per heavy atom. The molecule has 0 aliphatic carbocycles. The monoisotopic (exact) mass is 508 g/mol. The molecule has 3 rings (SSSR count). The Morgan fingerprint density at radius 1 is 1.16 bits per heavy atom. The molecule has 1 aliphatic rings. The molecule has 1 unspecified atom stereocenters. The van der Waals surface area contributed by atoms with E-state index in [4.69, 9.17) is 23.2 Å². The maximum atomic E-state index is 12.8. The van der Waals surface area contributed by atoms with Gasteiger partial charge in [-0.3, -0.25) is 10.0 Å². The summed E-state index contributed by atoms with van der Waals surface area (Å²) < 4.78 is 40.4. The summed E-state index contributed by atoms with van der Waals surface area (Å²) in [5, 5.41) is 11.4. The molecule has 2 aromatic rings. The topological polar surface area (TPSA) is 59.9 Å². The van der Waals surface area contributed by atoms with Crippen molar-refractivity contribution in [2.75, 3.05) is 36.8 Å². The quantitative estimate of drug-likeness (QED) is 0.241. The molecule has 1 N–H and O–H groups in total. The van der Waals surface area contributed by atoms with E-state index in [1.807, 2.05) is 4.90 Å². The highest BCUT2D eigenvalue weighted by Gasteiger charge is 2.31. The van der Waals surface area contributed by atoms with Gasteiger partial charge in [0.15, 0.2) is 0 Å². The van der Waals surface area contributed by atoms with Crippen LogP contribution in [0.4, 0.5) is 19.0 Å². The van der Waals surface area contributed by atoms with Crippen LogP contribution in [0.2, 0.25) is 10.0 Å². The highest BCUT2D eigenvalue weighted by Crippen LogP contribution is 2.32. The van der Waals surface area contributed by atoms with E-state index >= 15 is 0 Å². The van der Waals surface area contributed by atoms with Gasteiger partial charge < -0.3 is 4.90 Å². The van der Waals surface area contributed by atoms with Gasteiger partial charge in [-0.05, 0) is 36.2 Å². The van der Waals surface area contributed by atoms with Crippen molar-refractivity contribution in [2.45, 2.75) is 18.6 Å². The van der Waals surface area contributed by atoms with Crippen LogP contribution < -0.4 is 4.90 Å². The maximum Gasteiger partial charge on any atom is 0.417 e. The lowest BCUT2D eigenvalue weighted by molar-refractivity contribution is -0.158. The number of amides is 1. The van der Waals surface area contributed by atoms with Gasteiger partial charge in [-0.2, -0.15) is 13.2 Å². The van der Waals surface area contributed by atoms with Gasteiger partial charge in [0.2, 0.25) is 6.41 Å². The first-order chi connectivity index (χ1) is 15.2. The van der Waals surface area contributed by atoms with Gasteiger partial charge in [0.1, 0.15) is 5.82 Å². The van der Waals surface area contributed by atoms with Crippen LogP contribution in [0.25, 0.3) is 0 Å². The van der Waals surface area contributed by atoms with Crippen LogP contribution in [0.1, 0.15) is 23.6 Å². The lowest BCUT2D eigenvalue weighted by Crippen LogP contribution is -2.30. The molecule has 2 heterocycles. The number of halogens is 5. The third-order valence-corrected chi connectivity index (χ3v) is 6.96. The number of rotatable bonds is 7. The Hall–Kier alpha value is -1.72.